The van der Waals surface area contributed by atoms with Crippen LogP contribution < -0.4 is 15.4 Å². The van der Waals surface area contributed by atoms with Crippen LogP contribution in [-0.4, -0.2) is 39.9 Å². The third kappa shape index (κ3) is 4.81. The van der Waals surface area contributed by atoms with Crippen molar-refractivity contribution in [1.29, 1.82) is 0 Å². The Morgan fingerprint density at radius 1 is 1.11 bits per heavy atom. The van der Waals surface area contributed by atoms with E-state index in [1.807, 2.05) is 19.9 Å². The molecule has 0 radical (unpaired) electrons. The molecule has 3 rings (SSSR count). The van der Waals surface area contributed by atoms with Crippen LogP contribution in [0.2, 0.25) is 0 Å². The molecule has 0 atom stereocenters. The number of benzene rings is 1. The fourth-order valence-electron chi connectivity index (χ4n) is 2.72. The number of aryl methyl sites for hydroxylation is 3. The highest BCUT2D eigenvalue weighted by Crippen LogP contribution is 2.30. The van der Waals surface area contributed by atoms with E-state index in [1.54, 1.807) is 25.1 Å². The van der Waals surface area contributed by atoms with Gasteiger partial charge in [-0.25, -0.2) is 14.8 Å². The van der Waals surface area contributed by atoms with Crippen molar-refractivity contribution in [3.63, 3.8) is 0 Å². The van der Waals surface area contributed by atoms with Gasteiger partial charge in [0.2, 0.25) is 11.8 Å². The number of ether oxygens (including phenoxy) is 1. The fourth-order valence-corrected chi connectivity index (χ4v) is 2.72. The van der Waals surface area contributed by atoms with Gasteiger partial charge in [0, 0.05) is 36.8 Å². The molecule has 1 aromatic carbocycles. The molecule has 0 aliphatic heterocycles. The number of carbonyl (C=O) groups is 1. The van der Waals surface area contributed by atoms with E-state index >= 15 is 0 Å². The minimum absolute atomic E-state index is 0.360. The Kier molecular flexibility index (Phi) is 5.83. The van der Waals surface area contributed by atoms with Gasteiger partial charge in [-0.15, -0.1) is 10.2 Å². The van der Waals surface area contributed by atoms with E-state index in [4.69, 9.17) is 9.15 Å². The first-order valence-electron chi connectivity index (χ1n) is 8.79. The van der Waals surface area contributed by atoms with Crippen molar-refractivity contribution < 1.29 is 13.9 Å². The molecule has 2 aromatic heterocycles. The first-order chi connectivity index (χ1) is 13.4. The minimum Gasteiger partial charge on any atom is -0.495 e. The van der Waals surface area contributed by atoms with Crippen molar-refractivity contribution in [2.45, 2.75) is 27.2 Å². The van der Waals surface area contributed by atoms with Gasteiger partial charge < -0.3 is 19.8 Å². The van der Waals surface area contributed by atoms with Crippen LogP contribution >= 0.6 is 0 Å². The van der Waals surface area contributed by atoms with Crippen molar-refractivity contribution in [3.05, 3.63) is 47.4 Å². The number of carbonyl (C=O) groups excluding carboxylic acids is 1. The summed E-state index contributed by atoms with van der Waals surface area (Å²) >= 11 is 0. The molecule has 146 valence electrons. The maximum absolute atomic E-state index is 12.3. The van der Waals surface area contributed by atoms with E-state index < -0.39 is 0 Å². The van der Waals surface area contributed by atoms with Crippen LogP contribution in [0.4, 0.5) is 10.5 Å². The van der Waals surface area contributed by atoms with Gasteiger partial charge >= 0.3 is 6.03 Å². The van der Waals surface area contributed by atoms with Crippen LogP contribution in [0.3, 0.4) is 0 Å². The molecule has 2 N–H and O–H groups in total. The topological polar surface area (TPSA) is 115 Å². The molecule has 2 heterocycles. The predicted molar refractivity (Wildman–Crippen MR) is 103 cm³/mol. The maximum Gasteiger partial charge on any atom is 0.319 e. The summed E-state index contributed by atoms with van der Waals surface area (Å²) in [6, 6.07) is 6.79. The lowest BCUT2D eigenvalue weighted by atomic mass is 10.2. The molecule has 0 unspecified atom stereocenters. The molecule has 0 saturated carbocycles. The van der Waals surface area contributed by atoms with Crippen molar-refractivity contribution in [2.24, 2.45) is 0 Å². The number of methoxy groups -OCH3 is 1. The summed E-state index contributed by atoms with van der Waals surface area (Å²) in [5.41, 5.74) is 2.99. The molecular formula is C19H22N6O3. The number of aromatic nitrogens is 4. The third-order valence-corrected chi connectivity index (χ3v) is 3.88. The molecule has 2 amide bonds. The van der Waals surface area contributed by atoms with Crippen LogP contribution in [0.15, 0.2) is 28.7 Å². The summed E-state index contributed by atoms with van der Waals surface area (Å²) in [7, 11) is 1.53. The van der Waals surface area contributed by atoms with Gasteiger partial charge in [0.05, 0.1) is 12.8 Å². The Balaban J connectivity index is 1.64. The number of anilines is 1. The third-order valence-electron chi connectivity index (χ3n) is 3.88. The molecule has 9 nitrogen and oxygen atoms in total. The van der Waals surface area contributed by atoms with Gasteiger partial charge in [-0.3, -0.25) is 0 Å². The van der Waals surface area contributed by atoms with Gasteiger partial charge in [-0.1, -0.05) is 0 Å². The number of urea groups is 1. The summed E-state index contributed by atoms with van der Waals surface area (Å²) in [6.07, 6.45) is 0.536. The van der Waals surface area contributed by atoms with Gasteiger partial charge in [0.1, 0.15) is 11.6 Å². The zero-order valence-corrected chi connectivity index (χ0v) is 16.2. The number of hydrogen-bond donors (Lipinski definition) is 2. The Morgan fingerprint density at radius 2 is 1.86 bits per heavy atom. The number of nitrogens with one attached hydrogen (secondary N) is 2. The Hall–Kier alpha value is -3.49. The number of hydrogen-bond acceptors (Lipinski definition) is 7. The van der Waals surface area contributed by atoms with Gasteiger partial charge in [0.25, 0.3) is 0 Å². The average molecular weight is 382 g/mol. The second-order valence-corrected chi connectivity index (χ2v) is 6.24. The van der Waals surface area contributed by atoms with Gasteiger partial charge in [0.15, 0.2) is 0 Å². The Morgan fingerprint density at radius 3 is 2.50 bits per heavy atom. The van der Waals surface area contributed by atoms with Gasteiger partial charge in [-0.2, -0.15) is 0 Å². The molecule has 0 aliphatic carbocycles. The highest BCUT2D eigenvalue weighted by Gasteiger charge is 2.12. The SMILES string of the molecule is COc1ccc(-c2nnc(C)o2)cc1NC(=O)NCCc1nc(C)cc(C)n1. The second kappa shape index (κ2) is 8.47. The number of rotatable bonds is 6. The van der Waals surface area contributed by atoms with Crippen LogP contribution in [0.5, 0.6) is 5.75 Å². The molecular weight excluding hydrogens is 360 g/mol. The van der Waals surface area contributed by atoms with E-state index in [9.17, 15) is 4.79 Å². The predicted octanol–water partition coefficient (Wildman–Crippen LogP) is 2.82. The maximum atomic E-state index is 12.3. The van der Waals surface area contributed by atoms with E-state index in [0.717, 1.165) is 11.4 Å². The summed E-state index contributed by atoms with van der Waals surface area (Å²) in [5.74, 6) is 2.05. The minimum atomic E-state index is -0.360. The van der Waals surface area contributed by atoms with E-state index in [-0.39, 0.29) is 6.03 Å². The molecule has 0 saturated heterocycles. The molecule has 0 aliphatic rings. The van der Waals surface area contributed by atoms with Crippen molar-refractivity contribution in [2.75, 3.05) is 19.0 Å². The zero-order valence-electron chi connectivity index (χ0n) is 16.2. The zero-order chi connectivity index (χ0) is 20.1. The summed E-state index contributed by atoms with van der Waals surface area (Å²) in [6.45, 7) is 5.95. The second-order valence-electron chi connectivity index (χ2n) is 6.24. The van der Waals surface area contributed by atoms with E-state index in [0.29, 0.717) is 47.6 Å². The fraction of sp³-hybridized carbons (Fsp3) is 0.316. The Labute approximate surface area is 162 Å². The summed E-state index contributed by atoms with van der Waals surface area (Å²) < 4.78 is 10.7. The lowest BCUT2D eigenvalue weighted by Gasteiger charge is -2.12. The summed E-state index contributed by atoms with van der Waals surface area (Å²) in [4.78, 5) is 21.0. The molecule has 28 heavy (non-hydrogen) atoms. The quantitative estimate of drug-likeness (QED) is 0.673. The van der Waals surface area contributed by atoms with Crippen LogP contribution in [0.25, 0.3) is 11.5 Å². The summed E-state index contributed by atoms with van der Waals surface area (Å²) in [5, 5.41) is 13.4. The highest BCUT2D eigenvalue weighted by atomic mass is 16.5. The monoisotopic (exact) mass is 382 g/mol. The van der Waals surface area contributed by atoms with Crippen LogP contribution in [-0.2, 0) is 6.42 Å². The van der Waals surface area contributed by atoms with Crippen molar-refractivity contribution >= 4 is 11.7 Å². The average Bonchev–Trinajstić information content (AvgIpc) is 3.07. The van der Waals surface area contributed by atoms with E-state index in [2.05, 4.69) is 30.8 Å². The molecule has 9 heteroatoms. The van der Waals surface area contributed by atoms with E-state index in [1.165, 1.54) is 7.11 Å². The first-order valence-corrected chi connectivity index (χ1v) is 8.79. The van der Waals surface area contributed by atoms with Crippen molar-refractivity contribution in [1.82, 2.24) is 25.5 Å². The molecule has 3 aromatic rings. The smallest absolute Gasteiger partial charge is 0.319 e. The number of nitrogens with zero attached hydrogens (tertiary/aromatic N) is 4. The van der Waals surface area contributed by atoms with Gasteiger partial charge in [-0.05, 0) is 38.1 Å². The lowest BCUT2D eigenvalue weighted by molar-refractivity contribution is 0.252. The largest absolute Gasteiger partial charge is 0.495 e. The molecule has 0 bridgehead atoms. The normalized spacial score (nSPS) is 10.6. The van der Waals surface area contributed by atoms with Crippen LogP contribution in [0, 0.1) is 20.8 Å². The lowest BCUT2D eigenvalue weighted by Crippen LogP contribution is -2.31. The highest BCUT2D eigenvalue weighted by molar-refractivity contribution is 5.91. The molecule has 0 spiro atoms. The number of amides is 2. The Bertz CT molecular complexity index is 965. The van der Waals surface area contributed by atoms with Crippen LogP contribution in [0.1, 0.15) is 23.1 Å². The van der Waals surface area contributed by atoms with Crippen molar-refractivity contribution in [3.8, 4) is 17.2 Å². The molecule has 0 fully saturated rings. The standard InChI is InChI=1S/C19H22N6O3/c1-11-9-12(2)22-17(21-11)7-8-20-19(26)23-15-10-14(5-6-16(15)27-4)18-25-24-13(3)28-18/h5-6,9-10H,7-8H2,1-4H3,(H2,20,23,26). The first kappa shape index (κ1) is 19.3.